The van der Waals surface area contributed by atoms with Crippen LogP contribution in [0.5, 0.6) is 0 Å². The molecular weight excluding hydrogens is 200 g/mol. The van der Waals surface area contributed by atoms with E-state index < -0.39 is 0 Å². The van der Waals surface area contributed by atoms with E-state index in [1.54, 1.807) is 6.26 Å². The van der Waals surface area contributed by atoms with E-state index in [0.29, 0.717) is 0 Å². The molecular formula is C13H18N2O. The van der Waals surface area contributed by atoms with Gasteiger partial charge in [-0.15, -0.1) is 0 Å². The average molecular weight is 218 g/mol. The summed E-state index contributed by atoms with van der Waals surface area (Å²) in [5.41, 5.74) is 1.31. The summed E-state index contributed by atoms with van der Waals surface area (Å²) in [5, 5.41) is 3.45. The van der Waals surface area contributed by atoms with E-state index in [1.807, 2.05) is 12.1 Å². The number of aryl methyl sites for hydroxylation is 1. The van der Waals surface area contributed by atoms with Gasteiger partial charge in [0.2, 0.25) is 0 Å². The fourth-order valence-electron chi connectivity index (χ4n) is 1.81. The molecule has 1 atom stereocenters. The highest BCUT2D eigenvalue weighted by Gasteiger charge is 2.08. The number of rotatable bonds is 5. The van der Waals surface area contributed by atoms with Crippen LogP contribution in [0.25, 0.3) is 0 Å². The monoisotopic (exact) mass is 218 g/mol. The van der Waals surface area contributed by atoms with Gasteiger partial charge in [-0.3, -0.25) is 0 Å². The van der Waals surface area contributed by atoms with Crippen LogP contribution in [0.3, 0.4) is 0 Å². The molecule has 2 heterocycles. The van der Waals surface area contributed by atoms with Crippen molar-refractivity contribution in [1.29, 1.82) is 0 Å². The standard InChI is InChI=1S/C13H18N2O/c1-3-15-8-4-6-12(15)10-14-11(2)13-7-5-9-16-13/h4-9,11,14H,3,10H2,1-2H3. The lowest BCUT2D eigenvalue weighted by molar-refractivity contribution is 0.426. The van der Waals surface area contributed by atoms with Crippen LogP contribution < -0.4 is 5.32 Å². The first-order valence-electron chi connectivity index (χ1n) is 5.72. The van der Waals surface area contributed by atoms with Gasteiger partial charge >= 0.3 is 0 Å². The minimum atomic E-state index is 0.246. The lowest BCUT2D eigenvalue weighted by Gasteiger charge is -2.12. The number of furan rings is 1. The summed E-state index contributed by atoms with van der Waals surface area (Å²) in [6, 6.07) is 8.39. The summed E-state index contributed by atoms with van der Waals surface area (Å²) in [6.45, 7) is 6.14. The number of nitrogens with zero attached hydrogens (tertiary/aromatic N) is 1. The Morgan fingerprint density at radius 1 is 1.38 bits per heavy atom. The Morgan fingerprint density at radius 3 is 2.94 bits per heavy atom. The molecule has 3 nitrogen and oxygen atoms in total. The number of nitrogens with one attached hydrogen (secondary N) is 1. The van der Waals surface area contributed by atoms with Gasteiger partial charge in [-0.2, -0.15) is 0 Å². The van der Waals surface area contributed by atoms with Crippen molar-refractivity contribution in [3.8, 4) is 0 Å². The molecule has 1 N–H and O–H groups in total. The van der Waals surface area contributed by atoms with Crippen molar-refractivity contribution >= 4 is 0 Å². The molecule has 0 saturated heterocycles. The molecule has 0 radical (unpaired) electrons. The van der Waals surface area contributed by atoms with Gasteiger partial charge in [-0.05, 0) is 38.1 Å². The second-order valence-corrected chi connectivity index (χ2v) is 3.90. The van der Waals surface area contributed by atoms with Gasteiger partial charge in [0.25, 0.3) is 0 Å². The van der Waals surface area contributed by atoms with Crippen LogP contribution in [0.15, 0.2) is 41.1 Å². The predicted molar refractivity (Wildman–Crippen MR) is 64.1 cm³/mol. The fourth-order valence-corrected chi connectivity index (χ4v) is 1.81. The van der Waals surface area contributed by atoms with E-state index in [1.165, 1.54) is 5.69 Å². The normalized spacial score (nSPS) is 12.9. The number of hydrogen-bond acceptors (Lipinski definition) is 2. The van der Waals surface area contributed by atoms with Gasteiger partial charge in [0, 0.05) is 25.0 Å². The Labute approximate surface area is 96.1 Å². The average Bonchev–Trinajstić information content (AvgIpc) is 2.96. The van der Waals surface area contributed by atoms with Crippen LogP contribution in [0.1, 0.15) is 31.3 Å². The third-order valence-corrected chi connectivity index (χ3v) is 2.82. The predicted octanol–water partition coefficient (Wildman–Crippen LogP) is 2.95. The SMILES string of the molecule is CCn1cccc1CNC(C)c1ccco1. The summed E-state index contributed by atoms with van der Waals surface area (Å²) in [6.07, 6.45) is 3.82. The smallest absolute Gasteiger partial charge is 0.120 e. The van der Waals surface area contributed by atoms with Crippen LogP contribution in [0.4, 0.5) is 0 Å². The van der Waals surface area contributed by atoms with E-state index in [-0.39, 0.29) is 6.04 Å². The van der Waals surface area contributed by atoms with Gasteiger partial charge < -0.3 is 14.3 Å². The summed E-state index contributed by atoms with van der Waals surface area (Å²) >= 11 is 0. The van der Waals surface area contributed by atoms with Crippen LogP contribution in [-0.2, 0) is 13.1 Å². The molecule has 0 aliphatic rings. The Hall–Kier alpha value is -1.48. The van der Waals surface area contributed by atoms with Crippen LogP contribution in [0.2, 0.25) is 0 Å². The zero-order valence-electron chi connectivity index (χ0n) is 9.81. The van der Waals surface area contributed by atoms with Crippen LogP contribution in [-0.4, -0.2) is 4.57 Å². The first kappa shape index (κ1) is 11.0. The fraction of sp³-hybridized carbons (Fsp3) is 0.385. The minimum absolute atomic E-state index is 0.246. The van der Waals surface area contributed by atoms with Crippen molar-refractivity contribution in [2.45, 2.75) is 33.0 Å². The molecule has 0 fully saturated rings. The highest BCUT2D eigenvalue weighted by atomic mass is 16.3. The molecule has 0 saturated carbocycles. The molecule has 2 rings (SSSR count). The Kier molecular flexibility index (Phi) is 3.47. The topological polar surface area (TPSA) is 30.1 Å². The second kappa shape index (κ2) is 5.03. The maximum absolute atomic E-state index is 5.35. The lowest BCUT2D eigenvalue weighted by atomic mass is 10.2. The van der Waals surface area contributed by atoms with Gasteiger partial charge in [0.1, 0.15) is 5.76 Å². The molecule has 0 aliphatic carbocycles. The van der Waals surface area contributed by atoms with Gasteiger partial charge in [0.15, 0.2) is 0 Å². The van der Waals surface area contributed by atoms with E-state index in [0.717, 1.165) is 18.8 Å². The van der Waals surface area contributed by atoms with Crippen molar-refractivity contribution in [3.63, 3.8) is 0 Å². The summed E-state index contributed by atoms with van der Waals surface area (Å²) in [4.78, 5) is 0. The Balaban J connectivity index is 1.92. The van der Waals surface area contributed by atoms with Crippen molar-refractivity contribution < 1.29 is 4.42 Å². The van der Waals surface area contributed by atoms with Gasteiger partial charge in [-0.25, -0.2) is 0 Å². The molecule has 0 bridgehead atoms. The van der Waals surface area contributed by atoms with Crippen molar-refractivity contribution in [2.75, 3.05) is 0 Å². The van der Waals surface area contributed by atoms with E-state index in [9.17, 15) is 0 Å². The van der Waals surface area contributed by atoms with Crippen molar-refractivity contribution in [3.05, 3.63) is 48.2 Å². The zero-order valence-corrected chi connectivity index (χ0v) is 9.81. The number of hydrogen-bond donors (Lipinski definition) is 1. The molecule has 2 aromatic heterocycles. The lowest BCUT2D eigenvalue weighted by Crippen LogP contribution is -2.19. The molecule has 0 aromatic carbocycles. The maximum atomic E-state index is 5.35. The molecule has 1 unspecified atom stereocenters. The molecule has 2 aromatic rings. The van der Waals surface area contributed by atoms with E-state index in [4.69, 9.17) is 4.42 Å². The van der Waals surface area contributed by atoms with Crippen molar-refractivity contribution in [1.82, 2.24) is 9.88 Å². The summed E-state index contributed by atoms with van der Waals surface area (Å²) in [5.74, 6) is 0.981. The Bertz CT molecular complexity index is 417. The van der Waals surface area contributed by atoms with E-state index >= 15 is 0 Å². The third-order valence-electron chi connectivity index (χ3n) is 2.82. The highest BCUT2D eigenvalue weighted by molar-refractivity contribution is 5.08. The molecule has 0 aliphatic heterocycles. The minimum Gasteiger partial charge on any atom is -0.468 e. The van der Waals surface area contributed by atoms with Crippen LogP contribution >= 0.6 is 0 Å². The van der Waals surface area contributed by atoms with Crippen LogP contribution in [0, 0.1) is 0 Å². The molecule has 3 heteroatoms. The molecule has 16 heavy (non-hydrogen) atoms. The Morgan fingerprint density at radius 2 is 2.25 bits per heavy atom. The summed E-state index contributed by atoms with van der Waals surface area (Å²) in [7, 11) is 0. The zero-order chi connectivity index (χ0) is 11.4. The van der Waals surface area contributed by atoms with Crippen molar-refractivity contribution in [2.24, 2.45) is 0 Å². The molecule has 0 spiro atoms. The highest BCUT2D eigenvalue weighted by Crippen LogP contribution is 2.13. The molecule has 0 amide bonds. The quantitative estimate of drug-likeness (QED) is 0.836. The van der Waals surface area contributed by atoms with E-state index in [2.05, 4.69) is 42.1 Å². The second-order valence-electron chi connectivity index (χ2n) is 3.90. The third kappa shape index (κ3) is 2.36. The first-order valence-corrected chi connectivity index (χ1v) is 5.72. The van der Waals surface area contributed by atoms with Gasteiger partial charge in [0.05, 0.1) is 12.3 Å². The first-order chi connectivity index (χ1) is 7.81. The maximum Gasteiger partial charge on any atom is 0.120 e. The number of aromatic nitrogens is 1. The van der Waals surface area contributed by atoms with Gasteiger partial charge in [-0.1, -0.05) is 0 Å². The molecule has 86 valence electrons. The summed E-state index contributed by atoms with van der Waals surface area (Å²) < 4.78 is 7.59. The largest absolute Gasteiger partial charge is 0.468 e.